The van der Waals surface area contributed by atoms with Gasteiger partial charge in [-0.3, -0.25) is 4.79 Å². The summed E-state index contributed by atoms with van der Waals surface area (Å²) in [6, 6.07) is 4.57. The number of aryl methyl sites for hydroxylation is 1. The van der Waals surface area contributed by atoms with Crippen molar-refractivity contribution >= 4 is 5.97 Å². The van der Waals surface area contributed by atoms with E-state index in [0.29, 0.717) is 0 Å². The van der Waals surface area contributed by atoms with Crippen LogP contribution in [0.2, 0.25) is 0 Å². The second-order valence-electron chi connectivity index (χ2n) is 3.54. The number of hydrogen-bond donors (Lipinski definition) is 1. The highest BCUT2D eigenvalue weighted by Crippen LogP contribution is 2.20. The van der Waals surface area contributed by atoms with Crippen LogP contribution in [-0.2, 0) is 11.3 Å². The summed E-state index contributed by atoms with van der Waals surface area (Å²) in [6.07, 6.45) is 0. The van der Waals surface area contributed by atoms with Gasteiger partial charge in [-0.15, -0.1) is 5.10 Å². The van der Waals surface area contributed by atoms with Gasteiger partial charge in [-0.2, -0.15) is 0 Å². The molecule has 0 radical (unpaired) electrons. The maximum atomic E-state index is 13.7. The van der Waals surface area contributed by atoms with Crippen molar-refractivity contribution in [2.24, 2.45) is 0 Å². The van der Waals surface area contributed by atoms with E-state index in [0.717, 1.165) is 10.2 Å². The number of tetrazole rings is 1. The molecule has 0 fully saturated rings. The summed E-state index contributed by atoms with van der Waals surface area (Å²) in [5.74, 6) is -1.47. The molecule has 0 spiro atoms. The van der Waals surface area contributed by atoms with Crippen molar-refractivity contribution in [2.75, 3.05) is 0 Å². The van der Waals surface area contributed by atoms with Crippen LogP contribution in [0.4, 0.5) is 4.39 Å². The molecule has 0 bridgehead atoms. The molecule has 0 aliphatic rings. The van der Waals surface area contributed by atoms with Gasteiger partial charge in [-0.25, -0.2) is 9.07 Å². The molecule has 6 nitrogen and oxygen atoms in total. The lowest BCUT2D eigenvalue weighted by Crippen LogP contribution is -2.12. The third kappa shape index (κ3) is 2.27. The Morgan fingerprint density at radius 1 is 1.53 bits per heavy atom. The van der Waals surface area contributed by atoms with Gasteiger partial charge in [0.15, 0.2) is 5.82 Å². The Morgan fingerprint density at radius 2 is 2.29 bits per heavy atom. The molecule has 2 aromatic rings. The van der Waals surface area contributed by atoms with Gasteiger partial charge in [-0.1, -0.05) is 6.07 Å². The Balaban J connectivity index is 2.46. The molecule has 0 amide bonds. The summed E-state index contributed by atoms with van der Waals surface area (Å²) in [4.78, 5) is 10.6. The number of nitrogens with zero attached hydrogens (tertiary/aromatic N) is 4. The van der Waals surface area contributed by atoms with E-state index in [9.17, 15) is 9.18 Å². The highest BCUT2D eigenvalue weighted by atomic mass is 19.1. The molecule has 0 saturated heterocycles. The summed E-state index contributed by atoms with van der Waals surface area (Å²) in [6.45, 7) is 1.35. The first kappa shape index (κ1) is 11.2. The molecular formula is C10H9FN4O2. The normalized spacial score (nSPS) is 10.5. The minimum absolute atomic E-state index is 0.102. The van der Waals surface area contributed by atoms with Crippen LogP contribution in [0.1, 0.15) is 5.56 Å². The number of benzene rings is 1. The predicted octanol–water partition coefficient (Wildman–Crippen LogP) is 0.872. The zero-order chi connectivity index (χ0) is 12.4. The molecule has 0 aliphatic heterocycles. The van der Waals surface area contributed by atoms with Crippen LogP contribution < -0.4 is 0 Å². The zero-order valence-electron chi connectivity index (χ0n) is 8.96. The van der Waals surface area contributed by atoms with Gasteiger partial charge in [0.2, 0.25) is 0 Å². The van der Waals surface area contributed by atoms with Crippen molar-refractivity contribution in [3.05, 3.63) is 29.6 Å². The third-order valence-electron chi connectivity index (χ3n) is 2.18. The molecule has 88 valence electrons. The third-order valence-corrected chi connectivity index (χ3v) is 2.18. The van der Waals surface area contributed by atoms with E-state index in [1.54, 1.807) is 13.0 Å². The highest BCUT2D eigenvalue weighted by molar-refractivity contribution is 5.67. The van der Waals surface area contributed by atoms with Gasteiger partial charge in [0.1, 0.15) is 12.4 Å². The van der Waals surface area contributed by atoms with Crippen LogP contribution in [0, 0.1) is 12.7 Å². The number of carboxylic acids is 1. The second-order valence-corrected chi connectivity index (χ2v) is 3.54. The first-order valence-corrected chi connectivity index (χ1v) is 4.82. The van der Waals surface area contributed by atoms with Crippen molar-refractivity contribution in [1.82, 2.24) is 20.2 Å². The van der Waals surface area contributed by atoms with E-state index in [4.69, 9.17) is 5.11 Å². The number of carbonyl (C=O) groups is 1. The van der Waals surface area contributed by atoms with Gasteiger partial charge < -0.3 is 5.11 Å². The SMILES string of the molecule is Cc1ccc(-c2nnnn2CC(=O)O)c(F)c1. The monoisotopic (exact) mass is 236 g/mol. The smallest absolute Gasteiger partial charge is 0.325 e. The molecule has 0 aliphatic carbocycles. The van der Waals surface area contributed by atoms with E-state index in [1.807, 2.05) is 0 Å². The first-order valence-electron chi connectivity index (χ1n) is 4.82. The van der Waals surface area contributed by atoms with Gasteiger partial charge >= 0.3 is 5.97 Å². The van der Waals surface area contributed by atoms with Crippen molar-refractivity contribution in [3.63, 3.8) is 0 Å². The van der Waals surface area contributed by atoms with Crippen LogP contribution in [0.5, 0.6) is 0 Å². The molecule has 1 heterocycles. The minimum Gasteiger partial charge on any atom is -0.480 e. The number of aromatic nitrogens is 4. The standard InChI is InChI=1S/C10H9FN4O2/c1-6-2-3-7(8(11)4-6)10-12-13-14-15(10)5-9(16)17/h2-4H,5H2,1H3,(H,16,17). The van der Waals surface area contributed by atoms with E-state index < -0.39 is 18.3 Å². The second kappa shape index (κ2) is 4.28. The van der Waals surface area contributed by atoms with Crippen molar-refractivity contribution in [2.45, 2.75) is 13.5 Å². The summed E-state index contributed by atoms with van der Waals surface area (Å²) < 4.78 is 14.7. The fourth-order valence-electron chi connectivity index (χ4n) is 1.43. The lowest BCUT2D eigenvalue weighted by atomic mass is 10.1. The van der Waals surface area contributed by atoms with Crippen molar-refractivity contribution < 1.29 is 14.3 Å². The maximum Gasteiger partial charge on any atom is 0.325 e. The van der Waals surface area contributed by atoms with Crippen molar-refractivity contribution in [1.29, 1.82) is 0 Å². The van der Waals surface area contributed by atoms with Crippen LogP contribution >= 0.6 is 0 Å². The molecule has 0 unspecified atom stereocenters. The number of aliphatic carboxylic acids is 1. The molecule has 7 heteroatoms. The Morgan fingerprint density at radius 3 is 2.94 bits per heavy atom. The lowest BCUT2D eigenvalue weighted by molar-refractivity contribution is -0.137. The highest BCUT2D eigenvalue weighted by Gasteiger charge is 2.15. The molecule has 2 rings (SSSR count). The van der Waals surface area contributed by atoms with E-state index in [2.05, 4.69) is 15.5 Å². The summed E-state index contributed by atoms with van der Waals surface area (Å²) >= 11 is 0. The van der Waals surface area contributed by atoms with Gasteiger partial charge in [0.05, 0.1) is 5.56 Å². The minimum atomic E-state index is -1.09. The van der Waals surface area contributed by atoms with E-state index >= 15 is 0 Å². The number of hydrogen-bond acceptors (Lipinski definition) is 4. The largest absolute Gasteiger partial charge is 0.480 e. The molecule has 1 aromatic carbocycles. The Bertz CT molecular complexity index is 567. The van der Waals surface area contributed by atoms with Crippen LogP contribution in [0.25, 0.3) is 11.4 Å². The fourth-order valence-corrected chi connectivity index (χ4v) is 1.43. The Hall–Kier alpha value is -2.31. The van der Waals surface area contributed by atoms with E-state index in [-0.39, 0.29) is 11.4 Å². The Labute approximate surface area is 95.7 Å². The number of halogens is 1. The van der Waals surface area contributed by atoms with Crippen molar-refractivity contribution in [3.8, 4) is 11.4 Å². The molecule has 0 saturated carbocycles. The molecular weight excluding hydrogens is 227 g/mol. The van der Waals surface area contributed by atoms with Crippen LogP contribution in [-0.4, -0.2) is 31.3 Å². The summed E-state index contributed by atoms with van der Waals surface area (Å²) in [7, 11) is 0. The average Bonchev–Trinajstić information content (AvgIpc) is 2.65. The molecule has 0 atom stereocenters. The maximum absolute atomic E-state index is 13.7. The fraction of sp³-hybridized carbons (Fsp3) is 0.200. The molecule has 1 aromatic heterocycles. The lowest BCUT2D eigenvalue weighted by Gasteiger charge is -2.03. The van der Waals surface area contributed by atoms with Crippen LogP contribution in [0.3, 0.4) is 0 Å². The van der Waals surface area contributed by atoms with Gasteiger partial charge in [0.25, 0.3) is 0 Å². The summed E-state index contributed by atoms with van der Waals surface area (Å²) in [5.41, 5.74) is 0.949. The molecule has 1 N–H and O–H groups in total. The van der Waals surface area contributed by atoms with Gasteiger partial charge in [0, 0.05) is 0 Å². The molecule has 17 heavy (non-hydrogen) atoms. The Kier molecular flexibility index (Phi) is 2.82. The number of carboxylic acid groups (broad SMARTS) is 1. The topological polar surface area (TPSA) is 80.9 Å². The zero-order valence-corrected chi connectivity index (χ0v) is 8.96. The number of rotatable bonds is 3. The first-order chi connectivity index (χ1) is 8.08. The average molecular weight is 236 g/mol. The van der Waals surface area contributed by atoms with Crippen LogP contribution in [0.15, 0.2) is 18.2 Å². The quantitative estimate of drug-likeness (QED) is 0.855. The van der Waals surface area contributed by atoms with E-state index in [1.165, 1.54) is 12.1 Å². The van der Waals surface area contributed by atoms with Gasteiger partial charge in [-0.05, 0) is 35.0 Å². The summed E-state index contributed by atoms with van der Waals surface area (Å²) in [5, 5.41) is 19.1. The predicted molar refractivity (Wildman–Crippen MR) is 55.6 cm³/mol.